The maximum Gasteiger partial charge on any atom is 0.244 e. The lowest BCUT2D eigenvalue weighted by Crippen LogP contribution is -2.34. The highest BCUT2D eigenvalue weighted by Crippen LogP contribution is 2.36. The number of rotatable bonds is 6. The van der Waals surface area contributed by atoms with Crippen molar-refractivity contribution in [2.45, 2.75) is 50.6 Å². The van der Waals surface area contributed by atoms with Crippen LogP contribution < -0.4 is 10.0 Å². The molecule has 1 saturated carbocycles. The Balaban J connectivity index is 2.31. The fourth-order valence-corrected chi connectivity index (χ4v) is 4.05. The third-order valence-corrected chi connectivity index (χ3v) is 5.43. The van der Waals surface area contributed by atoms with Crippen LogP contribution in [-0.2, 0) is 16.6 Å². The molecule has 7 heteroatoms. The van der Waals surface area contributed by atoms with E-state index in [1.807, 2.05) is 14.0 Å². The van der Waals surface area contributed by atoms with Crippen LogP contribution in [0.1, 0.15) is 31.2 Å². The van der Waals surface area contributed by atoms with E-state index in [1.54, 1.807) is 18.5 Å². The Morgan fingerprint density at radius 3 is 2.53 bits per heavy atom. The van der Waals surface area contributed by atoms with Crippen molar-refractivity contribution in [1.29, 1.82) is 0 Å². The van der Waals surface area contributed by atoms with Gasteiger partial charge in [-0.15, -0.1) is 0 Å². The Morgan fingerprint density at radius 2 is 2.00 bits per heavy atom. The Bertz CT molecular complexity index is 573. The van der Waals surface area contributed by atoms with Gasteiger partial charge in [0.15, 0.2) is 0 Å². The number of aryl methyl sites for hydroxylation is 1. The molecule has 1 fully saturated rings. The standard InChI is InChI=1S/C12H22N4O2S/c1-9-11(10(2)16(14-9)8-7-13-4)19(17,18)15-12(3)5-6-12/h13,15H,5-8H2,1-4H3. The molecule has 0 bridgehead atoms. The van der Waals surface area contributed by atoms with Crippen LogP contribution in [0.3, 0.4) is 0 Å². The van der Waals surface area contributed by atoms with Gasteiger partial charge in [0.2, 0.25) is 10.0 Å². The maximum atomic E-state index is 12.4. The third kappa shape index (κ3) is 2.98. The molecule has 0 aliphatic heterocycles. The average molecular weight is 286 g/mol. The Morgan fingerprint density at radius 1 is 1.37 bits per heavy atom. The van der Waals surface area contributed by atoms with E-state index in [0.29, 0.717) is 22.8 Å². The molecule has 6 nitrogen and oxygen atoms in total. The number of likely N-dealkylation sites (N-methyl/N-ethyl adjacent to an activating group) is 1. The van der Waals surface area contributed by atoms with Gasteiger partial charge in [0.25, 0.3) is 0 Å². The number of hydrogen-bond donors (Lipinski definition) is 2. The lowest BCUT2D eigenvalue weighted by atomic mass is 10.4. The van der Waals surface area contributed by atoms with Crippen molar-refractivity contribution < 1.29 is 8.42 Å². The molecule has 1 aromatic rings. The Kier molecular flexibility index (Phi) is 3.72. The average Bonchev–Trinajstić information content (AvgIpc) is 2.91. The molecule has 1 heterocycles. The molecule has 108 valence electrons. The molecular formula is C12H22N4O2S. The monoisotopic (exact) mass is 286 g/mol. The lowest BCUT2D eigenvalue weighted by Gasteiger charge is -2.12. The van der Waals surface area contributed by atoms with Crippen LogP contribution in [0.4, 0.5) is 0 Å². The summed E-state index contributed by atoms with van der Waals surface area (Å²) in [5.41, 5.74) is 1.000. The molecule has 1 aliphatic carbocycles. The zero-order valence-electron chi connectivity index (χ0n) is 11.9. The van der Waals surface area contributed by atoms with Gasteiger partial charge in [-0.1, -0.05) is 0 Å². The highest BCUT2D eigenvalue weighted by atomic mass is 32.2. The molecule has 0 radical (unpaired) electrons. The van der Waals surface area contributed by atoms with E-state index in [-0.39, 0.29) is 5.54 Å². The van der Waals surface area contributed by atoms with Crippen molar-refractivity contribution in [2.24, 2.45) is 0 Å². The molecule has 0 saturated heterocycles. The molecule has 0 aromatic carbocycles. The highest BCUT2D eigenvalue weighted by molar-refractivity contribution is 7.89. The SMILES string of the molecule is CNCCn1nc(C)c(S(=O)(=O)NC2(C)CC2)c1C. The molecule has 0 unspecified atom stereocenters. The number of nitrogens with zero attached hydrogens (tertiary/aromatic N) is 2. The summed E-state index contributed by atoms with van der Waals surface area (Å²) >= 11 is 0. The van der Waals surface area contributed by atoms with Gasteiger partial charge < -0.3 is 5.32 Å². The first-order valence-corrected chi connectivity index (χ1v) is 8.00. The van der Waals surface area contributed by atoms with E-state index in [1.165, 1.54) is 0 Å². The van der Waals surface area contributed by atoms with Crippen LogP contribution in [0.5, 0.6) is 0 Å². The van der Waals surface area contributed by atoms with Gasteiger partial charge in [-0.2, -0.15) is 5.10 Å². The molecular weight excluding hydrogens is 264 g/mol. The minimum atomic E-state index is -3.47. The topological polar surface area (TPSA) is 76.0 Å². The summed E-state index contributed by atoms with van der Waals surface area (Å²) in [7, 11) is -1.61. The number of nitrogens with one attached hydrogen (secondary N) is 2. The van der Waals surface area contributed by atoms with Gasteiger partial charge in [-0.3, -0.25) is 4.68 Å². The van der Waals surface area contributed by atoms with Crippen LogP contribution in [0.15, 0.2) is 4.90 Å². The van der Waals surface area contributed by atoms with Crippen LogP contribution >= 0.6 is 0 Å². The normalized spacial score (nSPS) is 17.7. The van der Waals surface area contributed by atoms with E-state index in [4.69, 9.17) is 0 Å². The van der Waals surface area contributed by atoms with E-state index < -0.39 is 10.0 Å². The van der Waals surface area contributed by atoms with Gasteiger partial charge >= 0.3 is 0 Å². The zero-order chi connectivity index (χ0) is 14.3. The fraction of sp³-hybridized carbons (Fsp3) is 0.750. The quantitative estimate of drug-likeness (QED) is 0.801. The minimum absolute atomic E-state index is 0.259. The zero-order valence-corrected chi connectivity index (χ0v) is 12.8. The molecule has 0 spiro atoms. The summed E-state index contributed by atoms with van der Waals surface area (Å²) in [6, 6.07) is 0. The van der Waals surface area contributed by atoms with Crippen LogP contribution in [-0.4, -0.2) is 37.3 Å². The van der Waals surface area contributed by atoms with Crippen molar-refractivity contribution >= 4 is 10.0 Å². The second kappa shape index (κ2) is 4.88. The van der Waals surface area contributed by atoms with Gasteiger partial charge in [0.05, 0.1) is 17.9 Å². The fourth-order valence-electron chi connectivity index (χ4n) is 2.17. The van der Waals surface area contributed by atoms with E-state index >= 15 is 0 Å². The van der Waals surface area contributed by atoms with E-state index in [0.717, 1.165) is 19.4 Å². The van der Waals surface area contributed by atoms with Crippen molar-refractivity contribution in [3.05, 3.63) is 11.4 Å². The summed E-state index contributed by atoms with van der Waals surface area (Å²) in [4.78, 5) is 0.330. The van der Waals surface area contributed by atoms with Gasteiger partial charge in [0, 0.05) is 12.1 Å². The first-order valence-electron chi connectivity index (χ1n) is 6.52. The largest absolute Gasteiger partial charge is 0.318 e. The van der Waals surface area contributed by atoms with Crippen molar-refractivity contribution in [2.75, 3.05) is 13.6 Å². The first-order chi connectivity index (χ1) is 8.79. The van der Waals surface area contributed by atoms with Crippen molar-refractivity contribution in [1.82, 2.24) is 19.8 Å². The number of sulfonamides is 1. The first kappa shape index (κ1) is 14.5. The van der Waals surface area contributed by atoms with Crippen molar-refractivity contribution in [3.8, 4) is 0 Å². The third-order valence-electron chi connectivity index (χ3n) is 3.54. The molecule has 1 aliphatic rings. The molecule has 0 amide bonds. The molecule has 2 rings (SSSR count). The molecule has 1 aromatic heterocycles. The lowest BCUT2D eigenvalue weighted by molar-refractivity contribution is 0.553. The Hall–Kier alpha value is -0.920. The number of aromatic nitrogens is 2. The molecule has 2 N–H and O–H groups in total. The van der Waals surface area contributed by atoms with Gasteiger partial charge in [0.1, 0.15) is 4.90 Å². The highest BCUT2D eigenvalue weighted by Gasteiger charge is 2.42. The maximum absolute atomic E-state index is 12.4. The van der Waals surface area contributed by atoms with Crippen molar-refractivity contribution in [3.63, 3.8) is 0 Å². The predicted octanol–water partition coefficient (Wildman–Crippen LogP) is 0.550. The second-order valence-electron chi connectivity index (χ2n) is 5.49. The van der Waals surface area contributed by atoms with E-state index in [2.05, 4.69) is 15.1 Å². The summed E-state index contributed by atoms with van der Waals surface area (Å²) in [5.74, 6) is 0. The smallest absolute Gasteiger partial charge is 0.244 e. The van der Waals surface area contributed by atoms with Gasteiger partial charge in [-0.25, -0.2) is 13.1 Å². The summed E-state index contributed by atoms with van der Waals surface area (Å²) < 4.78 is 29.4. The predicted molar refractivity (Wildman–Crippen MR) is 73.6 cm³/mol. The minimum Gasteiger partial charge on any atom is -0.318 e. The Labute approximate surface area is 114 Å². The second-order valence-corrected chi connectivity index (χ2v) is 7.11. The summed E-state index contributed by atoms with van der Waals surface area (Å²) in [6.07, 6.45) is 1.80. The van der Waals surface area contributed by atoms with Crippen LogP contribution in [0.25, 0.3) is 0 Å². The van der Waals surface area contributed by atoms with Gasteiger partial charge in [-0.05, 0) is 40.7 Å². The van der Waals surface area contributed by atoms with Crippen LogP contribution in [0.2, 0.25) is 0 Å². The molecule has 0 atom stereocenters. The summed E-state index contributed by atoms with van der Waals surface area (Å²) in [6.45, 7) is 6.90. The van der Waals surface area contributed by atoms with Crippen LogP contribution in [0, 0.1) is 13.8 Å². The molecule has 19 heavy (non-hydrogen) atoms. The number of hydrogen-bond acceptors (Lipinski definition) is 4. The summed E-state index contributed by atoms with van der Waals surface area (Å²) in [5, 5.41) is 7.36. The van der Waals surface area contributed by atoms with E-state index in [9.17, 15) is 8.42 Å².